The molecule has 3 rings (SSSR count). The molecular formula is C18H19Cl2N3O. The molecule has 2 aromatic heterocycles. The zero-order chi connectivity index (χ0) is 17.1. The van der Waals surface area contributed by atoms with E-state index in [1.807, 2.05) is 18.2 Å². The van der Waals surface area contributed by atoms with Gasteiger partial charge in [0.25, 0.3) is 0 Å². The first-order valence-electron chi connectivity index (χ1n) is 7.84. The Bertz CT molecular complexity index is 861. The summed E-state index contributed by atoms with van der Waals surface area (Å²) in [6, 6.07) is 7.57. The number of methoxy groups -OCH3 is 1. The van der Waals surface area contributed by atoms with Gasteiger partial charge in [0.1, 0.15) is 0 Å². The number of hydrogen-bond acceptors (Lipinski definition) is 3. The Morgan fingerprint density at radius 3 is 2.83 bits per heavy atom. The van der Waals surface area contributed by atoms with Crippen LogP contribution in [-0.4, -0.2) is 23.6 Å². The van der Waals surface area contributed by atoms with Crippen molar-refractivity contribution in [1.82, 2.24) is 9.97 Å². The van der Waals surface area contributed by atoms with Crippen LogP contribution in [0.1, 0.15) is 18.4 Å². The quantitative estimate of drug-likeness (QED) is 0.616. The molecule has 0 radical (unpaired) electrons. The van der Waals surface area contributed by atoms with Crippen LogP contribution in [0.3, 0.4) is 0 Å². The van der Waals surface area contributed by atoms with E-state index >= 15 is 0 Å². The van der Waals surface area contributed by atoms with Gasteiger partial charge in [0.15, 0.2) is 0 Å². The highest BCUT2D eigenvalue weighted by Crippen LogP contribution is 2.38. The molecule has 0 atom stereocenters. The van der Waals surface area contributed by atoms with Crippen LogP contribution in [0, 0.1) is 0 Å². The number of rotatable bonds is 6. The van der Waals surface area contributed by atoms with Crippen LogP contribution >= 0.6 is 23.2 Å². The van der Waals surface area contributed by atoms with Crippen LogP contribution in [0.4, 0.5) is 0 Å². The van der Waals surface area contributed by atoms with E-state index in [0.717, 1.165) is 47.0 Å². The molecule has 0 amide bonds. The van der Waals surface area contributed by atoms with Crippen molar-refractivity contribution in [2.45, 2.75) is 19.3 Å². The van der Waals surface area contributed by atoms with E-state index in [1.54, 1.807) is 19.4 Å². The second kappa shape index (κ2) is 7.43. The zero-order valence-corrected chi connectivity index (χ0v) is 14.9. The average molecular weight is 364 g/mol. The normalized spacial score (nSPS) is 11.2. The Hall–Kier alpha value is -1.75. The van der Waals surface area contributed by atoms with Crippen molar-refractivity contribution in [2.75, 3.05) is 13.7 Å². The van der Waals surface area contributed by atoms with Gasteiger partial charge in [-0.05, 0) is 55.6 Å². The number of benzene rings is 1. The molecule has 0 fully saturated rings. The lowest BCUT2D eigenvalue weighted by molar-refractivity contribution is 0.399. The van der Waals surface area contributed by atoms with Gasteiger partial charge < -0.3 is 15.5 Å². The number of H-pyrrole nitrogens is 1. The fourth-order valence-corrected chi connectivity index (χ4v) is 3.49. The number of nitrogens with one attached hydrogen (secondary N) is 1. The third-order valence-electron chi connectivity index (χ3n) is 4.05. The zero-order valence-electron chi connectivity index (χ0n) is 13.4. The number of aromatic amines is 1. The minimum atomic E-state index is 0.575. The average Bonchev–Trinajstić information content (AvgIpc) is 2.94. The molecular weight excluding hydrogens is 345 g/mol. The Balaban J connectivity index is 2.22. The minimum absolute atomic E-state index is 0.575. The van der Waals surface area contributed by atoms with Crippen LogP contribution < -0.4 is 10.5 Å². The van der Waals surface area contributed by atoms with Gasteiger partial charge in [-0.15, -0.1) is 0 Å². The highest BCUT2D eigenvalue weighted by Gasteiger charge is 2.18. The summed E-state index contributed by atoms with van der Waals surface area (Å²) in [5, 5.41) is 2.26. The van der Waals surface area contributed by atoms with E-state index in [0.29, 0.717) is 22.5 Å². The molecule has 0 aliphatic rings. The lowest BCUT2D eigenvalue weighted by atomic mass is 10.0. The van der Waals surface area contributed by atoms with Crippen molar-refractivity contribution in [2.24, 2.45) is 5.73 Å². The Morgan fingerprint density at radius 1 is 1.25 bits per heavy atom. The molecule has 0 spiro atoms. The molecule has 0 saturated carbocycles. The standard InChI is InChI=1S/C18H19Cl2N3O/c1-24-18-13(6-4-8-22-18)16-12(5-2-3-7-21)14-9-11(19)10-15(20)17(14)23-16/h4,6,8-10,23H,2-3,5,7,21H2,1H3. The number of pyridine rings is 1. The maximum absolute atomic E-state index is 6.39. The third kappa shape index (κ3) is 3.22. The minimum Gasteiger partial charge on any atom is -0.481 e. The van der Waals surface area contributed by atoms with Crippen LogP contribution in [0.15, 0.2) is 30.5 Å². The van der Waals surface area contributed by atoms with Gasteiger partial charge >= 0.3 is 0 Å². The maximum Gasteiger partial charge on any atom is 0.222 e. The van der Waals surface area contributed by atoms with E-state index < -0.39 is 0 Å². The topological polar surface area (TPSA) is 63.9 Å². The second-order valence-electron chi connectivity index (χ2n) is 5.59. The number of fused-ring (bicyclic) bond motifs is 1. The Labute approximate surface area is 150 Å². The fraction of sp³-hybridized carbons (Fsp3) is 0.278. The molecule has 0 aliphatic heterocycles. The summed E-state index contributed by atoms with van der Waals surface area (Å²) < 4.78 is 5.42. The van der Waals surface area contributed by atoms with Crippen molar-refractivity contribution in [3.63, 3.8) is 0 Å². The van der Waals surface area contributed by atoms with Crippen molar-refractivity contribution in [3.8, 4) is 17.1 Å². The van der Waals surface area contributed by atoms with E-state index in [4.69, 9.17) is 33.7 Å². The predicted molar refractivity (Wildman–Crippen MR) is 100 cm³/mol. The summed E-state index contributed by atoms with van der Waals surface area (Å²) >= 11 is 12.6. The molecule has 6 heteroatoms. The third-order valence-corrected chi connectivity index (χ3v) is 4.56. The number of aryl methyl sites for hydroxylation is 1. The fourth-order valence-electron chi connectivity index (χ4n) is 2.95. The van der Waals surface area contributed by atoms with Gasteiger partial charge in [0, 0.05) is 16.6 Å². The Kier molecular flexibility index (Phi) is 5.29. The first-order chi connectivity index (χ1) is 11.7. The SMILES string of the molecule is COc1ncccc1-c1[nH]c2c(Cl)cc(Cl)cc2c1CCCCN. The number of nitrogens with two attached hydrogens (primary N) is 1. The van der Waals surface area contributed by atoms with Crippen molar-refractivity contribution in [3.05, 3.63) is 46.1 Å². The van der Waals surface area contributed by atoms with Crippen LogP contribution in [0.25, 0.3) is 22.2 Å². The van der Waals surface area contributed by atoms with E-state index in [1.165, 1.54) is 0 Å². The second-order valence-corrected chi connectivity index (χ2v) is 6.44. The summed E-state index contributed by atoms with van der Waals surface area (Å²) in [5.74, 6) is 0.575. The highest BCUT2D eigenvalue weighted by atomic mass is 35.5. The number of hydrogen-bond donors (Lipinski definition) is 2. The number of halogens is 2. The maximum atomic E-state index is 6.39. The molecule has 0 saturated heterocycles. The highest BCUT2D eigenvalue weighted by molar-refractivity contribution is 6.38. The first kappa shape index (κ1) is 17.1. The molecule has 0 unspecified atom stereocenters. The smallest absolute Gasteiger partial charge is 0.222 e. The summed E-state index contributed by atoms with van der Waals surface area (Å²) in [6.45, 7) is 0.676. The van der Waals surface area contributed by atoms with Gasteiger partial charge in [-0.1, -0.05) is 23.2 Å². The largest absolute Gasteiger partial charge is 0.481 e. The predicted octanol–water partition coefficient (Wildman–Crippen LogP) is 4.83. The summed E-state index contributed by atoms with van der Waals surface area (Å²) in [7, 11) is 1.62. The molecule has 2 heterocycles. The molecule has 0 bridgehead atoms. The molecule has 0 aliphatic carbocycles. The van der Waals surface area contributed by atoms with Crippen molar-refractivity contribution in [1.29, 1.82) is 0 Å². The summed E-state index contributed by atoms with van der Waals surface area (Å²) in [4.78, 5) is 7.74. The van der Waals surface area contributed by atoms with Crippen LogP contribution in [-0.2, 0) is 6.42 Å². The van der Waals surface area contributed by atoms with Crippen LogP contribution in [0.5, 0.6) is 5.88 Å². The summed E-state index contributed by atoms with van der Waals surface area (Å²) in [5.41, 5.74) is 9.56. The lowest BCUT2D eigenvalue weighted by Crippen LogP contribution is -1.99. The van der Waals surface area contributed by atoms with Gasteiger partial charge in [-0.3, -0.25) is 0 Å². The molecule has 1 aromatic carbocycles. The first-order valence-corrected chi connectivity index (χ1v) is 8.60. The van der Waals surface area contributed by atoms with Gasteiger partial charge in [-0.2, -0.15) is 0 Å². The molecule has 24 heavy (non-hydrogen) atoms. The molecule has 3 aromatic rings. The number of ether oxygens (including phenoxy) is 1. The summed E-state index contributed by atoms with van der Waals surface area (Å²) in [6.07, 6.45) is 4.54. The van der Waals surface area contributed by atoms with Gasteiger partial charge in [0.2, 0.25) is 5.88 Å². The molecule has 3 N–H and O–H groups in total. The van der Waals surface area contributed by atoms with Gasteiger partial charge in [0.05, 0.1) is 28.9 Å². The Morgan fingerprint density at radius 2 is 2.08 bits per heavy atom. The number of nitrogens with zero attached hydrogens (tertiary/aromatic N) is 1. The number of unbranched alkanes of at least 4 members (excludes halogenated alkanes) is 1. The number of aromatic nitrogens is 2. The van der Waals surface area contributed by atoms with Crippen molar-refractivity contribution >= 4 is 34.1 Å². The van der Waals surface area contributed by atoms with Crippen molar-refractivity contribution < 1.29 is 4.74 Å². The van der Waals surface area contributed by atoms with E-state index in [2.05, 4.69) is 9.97 Å². The van der Waals surface area contributed by atoms with Crippen LogP contribution in [0.2, 0.25) is 10.0 Å². The molecule has 126 valence electrons. The van der Waals surface area contributed by atoms with Gasteiger partial charge in [-0.25, -0.2) is 4.98 Å². The molecule has 4 nitrogen and oxygen atoms in total. The van der Waals surface area contributed by atoms with E-state index in [-0.39, 0.29) is 0 Å². The van der Waals surface area contributed by atoms with E-state index in [9.17, 15) is 0 Å². The lowest BCUT2D eigenvalue weighted by Gasteiger charge is -2.08. The monoisotopic (exact) mass is 363 g/mol.